The van der Waals surface area contributed by atoms with Crippen molar-refractivity contribution in [1.82, 2.24) is 0 Å². The van der Waals surface area contributed by atoms with Gasteiger partial charge in [0.2, 0.25) is 0 Å². The van der Waals surface area contributed by atoms with E-state index in [4.69, 9.17) is 0 Å². The van der Waals surface area contributed by atoms with E-state index in [2.05, 4.69) is 38.8 Å². The van der Waals surface area contributed by atoms with Crippen LogP contribution in [0.15, 0.2) is 27.1 Å². The average Bonchev–Trinajstić information content (AvgIpc) is 2.28. The molecular formula is C13H18Br2O. The highest BCUT2D eigenvalue weighted by Gasteiger charge is 2.08. The second-order valence-electron chi connectivity index (χ2n) is 4.04. The van der Waals surface area contributed by atoms with E-state index >= 15 is 0 Å². The van der Waals surface area contributed by atoms with Gasteiger partial charge in [0.15, 0.2) is 0 Å². The zero-order valence-electron chi connectivity index (χ0n) is 9.55. The fourth-order valence-electron chi connectivity index (χ4n) is 1.65. The Morgan fingerprint density at radius 1 is 1.12 bits per heavy atom. The summed E-state index contributed by atoms with van der Waals surface area (Å²) in [5.74, 6) is 0. The Bertz CT molecular complexity index is 326. The molecule has 1 unspecified atom stereocenters. The van der Waals surface area contributed by atoms with Gasteiger partial charge in [-0.1, -0.05) is 38.7 Å². The molecule has 1 aromatic carbocycles. The van der Waals surface area contributed by atoms with Crippen LogP contribution in [0.4, 0.5) is 0 Å². The maximum atomic E-state index is 10.00. The topological polar surface area (TPSA) is 20.2 Å². The van der Waals surface area contributed by atoms with Crippen molar-refractivity contribution in [2.75, 3.05) is 0 Å². The first-order valence-corrected chi connectivity index (χ1v) is 7.36. The lowest BCUT2D eigenvalue weighted by Gasteiger charge is -2.11. The summed E-state index contributed by atoms with van der Waals surface area (Å²) < 4.78 is 2.02. The van der Waals surface area contributed by atoms with Gasteiger partial charge in [0.1, 0.15) is 0 Å². The van der Waals surface area contributed by atoms with E-state index in [1.165, 1.54) is 19.3 Å². The van der Waals surface area contributed by atoms with Crippen LogP contribution >= 0.6 is 31.9 Å². The maximum absolute atomic E-state index is 10.00. The van der Waals surface area contributed by atoms with Crippen LogP contribution in [0.3, 0.4) is 0 Å². The Hall–Kier alpha value is 0.140. The van der Waals surface area contributed by atoms with Crippen molar-refractivity contribution < 1.29 is 5.11 Å². The molecule has 0 bridgehead atoms. The minimum atomic E-state index is -0.332. The predicted molar refractivity (Wildman–Crippen MR) is 75.6 cm³/mol. The lowest BCUT2D eigenvalue weighted by atomic mass is 10.0. The van der Waals surface area contributed by atoms with E-state index < -0.39 is 0 Å². The predicted octanol–water partition coefficient (Wildman–Crippen LogP) is 5.22. The van der Waals surface area contributed by atoms with Gasteiger partial charge < -0.3 is 5.11 Å². The summed E-state index contributed by atoms with van der Waals surface area (Å²) >= 11 is 6.87. The second-order valence-corrected chi connectivity index (χ2v) is 5.75. The number of hydrogen-bond acceptors (Lipinski definition) is 1. The Morgan fingerprint density at radius 3 is 2.50 bits per heavy atom. The Labute approximate surface area is 115 Å². The van der Waals surface area contributed by atoms with Crippen molar-refractivity contribution in [3.8, 4) is 0 Å². The number of aliphatic hydroxyl groups excluding tert-OH is 1. The normalized spacial score (nSPS) is 12.8. The SMILES string of the molecule is CCCCCCC(O)c1ccc(Br)c(Br)c1. The molecule has 0 amide bonds. The largest absolute Gasteiger partial charge is 0.388 e. The summed E-state index contributed by atoms with van der Waals surface area (Å²) in [6, 6.07) is 5.92. The third kappa shape index (κ3) is 4.56. The molecule has 1 N–H and O–H groups in total. The quantitative estimate of drug-likeness (QED) is 0.698. The van der Waals surface area contributed by atoms with E-state index in [0.29, 0.717) is 0 Å². The summed E-state index contributed by atoms with van der Waals surface area (Å²) in [6.45, 7) is 2.20. The number of aliphatic hydroxyl groups is 1. The molecular weight excluding hydrogens is 332 g/mol. The number of benzene rings is 1. The van der Waals surface area contributed by atoms with E-state index in [-0.39, 0.29) is 6.10 Å². The highest BCUT2D eigenvalue weighted by Crippen LogP contribution is 2.28. The zero-order chi connectivity index (χ0) is 12.0. The lowest BCUT2D eigenvalue weighted by Crippen LogP contribution is -1.97. The highest BCUT2D eigenvalue weighted by atomic mass is 79.9. The van der Waals surface area contributed by atoms with Crippen molar-refractivity contribution in [2.45, 2.75) is 45.1 Å². The second kappa shape index (κ2) is 7.46. The molecule has 90 valence electrons. The van der Waals surface area contributed by atoms with Crippen molar-refractivity contribution >= 4 is 31.9 Å². The van der Waals surface area contributed by atoms with Crippen molar-refractivity contribution in [3.05, 3.63) is 32.7 Å². The zero-order valence-corrected chi connectivity index (χ0v) is 12.7. The van der Waals surface area contributed by atoms with Gasteiger partial charge >= 0.3 is 0 Å². The van der Waals surface area contributed by atoms with Crippen LogP contribution in [-0.4, -0.2) is 5.11 Å². The van der Waals surface area contributed by atoms with Gasteiger partial charge in [-0.15, -0.1) is 0 Å². The van der Waals surface area contributed by atoms with E-state index in [0.717, 1.165) is 27.4 Å². The average molecular weight is 350 g/mol. The number of halogens is 2. The van der Waals surface area contributed by atoms with Gasteiger partial charge in [-0.25, -0.2) is 0 Å². The molecule has 1 aromatic rings. The lowest BCUT2D eigenvalue weighted by molar-refractivity contribution is 0.163. The Kier molecular flexibility index (Phi) is 6.62. The molecule has 16 heavy (non-hydrogen) atoms. The van der Waals surface area contributed by atoms with Gasteiger partial charge in [-0.05, 0) is 56.0 Å². The maximum Gasteiger partial charge on any atom is 0.0790 e. The van der Waals surface area contributed by atoms with Crippen LogP contribution in [0.1, 0.15) is 50.7 Å². The molecule has 0 aliphatic heterocycles. The molecule has 0 saturated carbocycles. The summed E-state index contributed by atoms with van der Waals surface area (Å²) in [5.41, 5.74) is 0.992. The van der Waals surface area contributed by atoms with Crippen molar-refractivity contribution in [1.29, 1.82) is 0 Å². The van der Waals surface area contributed by atoms with Gasteiger partial charge in [0.05, 0.1) is 6.10 Å². The van der Waals surface area contributed by atoms with Crippen LogP contribution < -0.4 is 0 Å². The van der Waals surface area contributed by atoms with Gasteiger partial charge in [-0.2, -0.15) is 0 Å². The standard InChI is InChI=1S/C13H18Br2O/c1-2-3-4-5-6-13(16)10-7-8-11(14)12(15)9-10/h7-9,13,16H,2-6H2,1H3. The summed E-state index contributed by atoms with van der Waals surface area (Å²) in [6.07, 6.45) is 5.33. The highest BCUT2D eigenvalue weighted by molar-refractivity contribution is 9.13. The molecule has 1 nitrogen and oxygen atoms in total. The van der Waals surface area contributed by atoms with Gasteiger partial charge in [0.25, 0.3) is 0 Å². The van der Waals surface area contributed by atoms with Gasteiger partial charge in [0, 0.05) is 8.95 Å². The molecule has 0 heterocycles. The van der Waals surface area contributed by atoms with Crippen molar-refractivity contribution in [2.24, 2.45) is 0 Å². The third-order valence-corrected chi connectivity index (χ3v) is 4.54. The molecule has 1 rings (SSSR count). The van der Waals surface area contributed by atoms with Crippen LogP contribution in [0, 0.1) is 0 Å². The molecule has 0 radical (unpaired) electrons. The number of unbranched alkanes of at least 4 members (excludes halogenated alkanes) is 3. The van der Waals surface area contributed by atoms with Crippen LogP contribution in [0.25, 0.3) is 0 Å². The molecule has 3 heteroatoms. The van der Waals surface area contributed by atoms with E-state index in [9.17, 15) is 5.11 Å². The third-order valence-electron chi connectivity index (χ3n) is 2.66. The first-order chi connectivity index (χ1) is 7.65. The monoisotopic (exact) mass is 348 g/mol. The summed E-state index contributed by atoms with van der Waals surface area (Å²) in [4.78, 5) is 0. The van der Waals surface area contributed by atoms with Crippen LogP contribution in [-0.2, 0) is 0 Å². The summed E-state index contributed by atoms with van der Waals surface area (Å²) in [5, 5.41) is 10.00. The Balaban J connectivity index is 2.46. The minimum Gasteiger partial charge on any atom is -0.388 e. The molecule has 0 fully saturated rings. The molecule has 0 aliphatic rings. The summed E-state index contributed by atoms with van der Waals surface area (Å²) in [7, 11) is 0. The number of rotatable bonds is 6. The smallest absolute Gasteiger partial charge is 0.0790 e. The van der Waals surface area contributed by atoms with Gasteiger partial charge in [-0.3, -0.25) is 0 Å². The fraction of sp³-hybridized carbons (Fsp3) is 0.538. The Morgan fingerprint density at radius 2 is 1.88 bits per heavy atom. The van der Waals surface area contributed by atoms with E-state index in [1.54, 1.807) is 0 Å². The van der Waals surface area contributed by atoms with E-state index in [1.807, 2.05) is 18.2 Å². The van der Waals surface area contributed by atoms with Crippen LogP contribution in [0.2, 0.25) is 0 Å². The number of hydrogen-bond donors (Lipinski definition) is 1. The fourth-order valence-corrected chi connectivity index (χ4v) is 2.29. The molecule has 0 aromatic heterocycles. The van der Waals surface area contributed by atoms with Crippen LogP contribution in [0.5, 0.6) is 0 Å². The minimum absolute atomic E-state index is 0.332. The molecule has 0 saturated heterocycles. The molecule has 1 atom stereocenters. The van der Waals surface area contributed by atoms with Crippen molar-refractivity contribution in [3.63, 3.8) is 0 Å². The molecule has 0 aliphatic carbocycles. The first-order valence-electron chi connectivity index (χ1n) is 5.78. The molecule has 0 spiro atoms. The first kappa shape index (κ1) is 14.2.